The molecule has 0 unspecified atom stereocenters. The average Bonchev–Trinajstić information content (AvgIpc) is 3.08. The molecule has 2 aromatic rings. The van der Waals surface area contributed by atoms with Crippen LogP contribution in [0.3, 0.4) is 0 Å². The third-order valence-electron chi connectivity index (χ3n) is 4.18. The number of hydrogen-bond donors (Lipinski definition) is 2. The molecule has 0 bridgehead atoms. The number of amides is 3. The van der Waals surface area contributed by atoms with E-state index in [-0.39, 0.29) is 17.7 Å². The Morgan fingerprint density at radius 2 is 1.59 bits per heavy atom. The van der Waals surface area contributed by atoms with E-state index in [1.165, 1.54) is 13.0 Å². The molecule has 0 atom stereocenters. The Morgan fingerprint density at radius 1 is 0.963 bits per heavy atom. The van der Waals surface area contributed by atoms with Crippen LogP contribution < -0.4 is 15.5 Å². The Morgan fingerprint density at radius 3 is 2.15 bits per heavy atom. The first-order valence-corrected chi connectivity index (χ1v) is 8.78. The maximum atomic E-state index is 12.0. The molecule has 0 spiro atoms. The van der Waals surface area contributed by atoms with E-state index in [0.717, 1.165) is 24.2 Å². The second-order valence-electron chi connectivity index (χ2n) is 6.32. The van der Waals surface area contributed by atoms with E-state index in [0.29, 0.717) is 17.8 Å². The van der Waals surface area contributed by atoms with Crippen LogP contribution in [-0.2, 0) is 14.4 Å². The molecular weight excluding hydrogens is 342 g/mol. The van der Waals surface area contributed by atoms with Gasteiger partial charge in [-0.05, 0) is 54.5 Å². The van der Waals surface area contributed by atoms with Crippen LogP contribution in [0.1, 0.15) is 25.3 Å². The maximum Gasteiger partial charge on any atom is 0.248 e. The lowest BCUT2D eigenvalue weighted by Gasteiger charge is -2.15. The molecule has 3 amide bonds. The molecule has 2 aromatic carbocycles. The second-order valence-corrected chi connectivity index (χ2v) is 6.32. The Labute approximate surface area is 157 Å². The van der Waals surface area contributed by atoms with Crippen molar-refractivity contribution in [2.45, 2.75) is 19.8 Å². The van der Waals surface area contributed by atoms with Gasteiger partial charge in [0, 0.05) is 43.0 Å². The Bertz CT molecular complexity index is 871. The molecule has 2 N–H and O–H groups in total. The molecule has 1 aliphatic heterocycles. The molecule has 6 heteroatoms. The number of nitrogens with zero attached hydrogens (tertiary/aromatic N) is 1. The van der Waals surface area contributed by atoms with Crippen LogP contribution in [-0.4, -0.2) is 24.3 Å². The second kappa shape index (κ2) is 8.31. The van der Waals surface area contributed by atoms with E-state index in [2.05, 4.69) is 10.6 Å². The summed E-state index contributed by atoms with van der Waals surface area (Å²) in [6.45, 7) is 2.20. The fourth-order valence-corrected chi connectivity index (χ4v) is 2.88. The predicted molar refractivity (Wildman–Crippen MR) is 106 cm³/mol. The summed E-state index contributed by atoms with van der Waals surface area (Å²) < 4.78 is 0. The van der Waals surface area contributed by atoms with Crippen molar-refractivity contribution in [3.05, 3.63) is 60.2 Å². The molecule has 1 fully saturated rings. The third kappa shape index (κ3) is 5.04. The fourth-order valence-electron chi connectivity index (χ4n) is 2.88. The minimum atomic E-state index is -0.249. The van der Waals surface area contributed by atoms with Gasteiger partial charge in [-0.1, -0.05) is 12.1 Å². The van der Waals surface area contributed by atoms with Gasteiger partial charge < -0.3 is 15.5 Å². The van der Waals surface area contributed by atoms with Gasteiger partial charge in [0.15, 0.2) is 0 Å². The number of anilines is 3. The molecule has 0 saturated carbocycles. The highest BCUT2D eigenvalue weighted by Crippen LogP contribution is 2.22. The number of rotatable bonds is 5. The van der Waals surface area contributed by atoms with E-state index < -0.39 is 0 Å². The zero-order valence-electron chi connectivity index (χ0n) is 15.1. The van der Waals surface area contributed by atoms with Crippen LogP contribution in [0.4, 0.5) is 17.1 Å². The van der Waals surface area contributed by atoms with Crippen LogP contribution >= 0.6 is 0 Å². The lowest BCUT2D eigenvalue weighted by atomic mass is 10.2. The third-order valence-corrected chi connectivity index (χ3v) is 4.18. The summed E-state index contributed by atoms with van der Waals surface area (Å²) in [6, 6.07) is 14.4. The predicted octanol–water partition coefficient (Wildman–Crippen LogP) is 3.42. The Kier molecular flexibility index (Phi) is 5.66. The highest BCUT2D eigenvalue weighted by Gasteiger charge is 2.21. The molecular formula is C21H21N3O3. The lowest BCUT2D eigenvalue weighted by molar-refractivity contribution is -0.117. The number of carbonyl (C=O) groups excluding carboxylic acids is 3. The summed E-state index contributed by atoms with van der Waals surface area (Å²) in [5.41, 5.74) is 3.08. The first kappa shape index (κ1) is 18.4. The van der Waals surface area contributed by atoms with E-state index >= 15 is 0 Å². The molecule has 1 aliphatic rings. The van der Waals surface area contributed by atoms with Crippen molar-refractivity contribution in [2.75, 3.05) is 22.1 Å². The van der Waals surface area contributed by atoms with Gasteiger partial charge in [-0.3, -0.25) is 14.4 Å². The highest BCUT2D eigenvalue weighted by molar-refractivity contribution is 6.02. The molecule has 0 aliphatic carbocycles. The summed E-state index contributed by atoms with van der Waals surface area (Å²) in [5.74, 6) is -0.238. The minimum Gasteiger partial charge on any atom is -0.326 e. The SMILES string of the molecule is CC(=O)Nc1ccc(NC(=O)C=Cc2ccc(N3CCCC3=O)cc2)cc1. The van der Waals surface area contributed by atoms with Gasteiger partial charge in [0.05, 0.1) is 0 Å². The average molecular weight is 363 g/mol. The Balaban J connectivity index is 1.56. The fraction of sp³-hybridized carbons (Fsp3) is 0.190. The monoisotopic (exact) mass is 363 g/mol. The normalized spacial score (nSPS) is 13.8. The van der Waals surface area contributed by atoms with Crippen molar-refractivity contribution < 1.29 is 14.4 Å². The molecule has 0 radical (unpaired) electrons. The van der Waals surface area contributed by atoms with Gasteiger partial charge in [0.25, 0.3) is 0 Å². The van der Waals surface area contributed by atoms with Gasteiger partial charge in [0.2, 0.25) is 17.7 Å². The van der Waals surface area contributed by atoms with Gasteiger partial charge in [-0.15, -0.1) is 0 Å². The van der Waals surface area contributed by atoms with Crippen LogP contribution in [0.5, 0.6) is 0 Å². The van der Waals surface area contributed by atoms with Crippen molar-refractivity contribution in [1.82, 2.24) is 0 Å². The summed E-state index contributed by atoms with van der Waals surface area (Å²) in [5, 5.41) is 5.43. The van der Waals surface area contributed by atoms with Gasteiger partial charge in [-0.25, -0.2) is 0 Å². The topological polar surface area (TPSA) is 78.5 Å². The van der Waals surface area contributed by atoms with Crippen molar-refractivity contribution in [3.63, 3.8) is 0 Å². The van der Waals surface area contributed by atoms with Gasteiger partial charge >= 0.3 is 0 Å². The van der Waals surface area contributed by atoms with Crippen LogP contribution in [0.25, 0.3) is 6.08 Å². The molecule has 3 rings (SSSR count). The summed E-state index contributed by atoms with van der Waals surface area (Å²) in [7, 11) is 0. The van der Waals surface area contributed by atoms with Gasteiger partial charge in [-0.2, -0.15) is 0 Å². The zero-order valence-corrected chi connectivity index (χ0v) is 15.1. The highest BCUT2D eigenvalue weighted by atomic mass is 16.2. The minimum absolute atomic E-state index is 0.144. The lowest BCUT2D eigenvalue weighted by Crippen LogP contribution is -2.23. The summed E-state index contributed by atoms with van der Waals surface area (Å²) >= 11 is 0. The first-order valence-electron chi connectivity index (χ1n) is 8.78. The van der Waals surface area contributed by atoms with E-state index in [9.17, 15) is 14.4 Å². The number of carbonyl (C=O) groups is 3. The molecule has 1 heterocycles. The van der Waals surface area contributed by atoms with E-state index in [4.69, 9.17) is 0 Å². The van der Waals surface area contributed by atoms with Crippen LogP contribution in [0, 0.1) is 0 Å². The number of benzene rings is 2. The quantitative estimate of drug-likeness (QED) is 0.799. The van der Waals surface area contributed by atoms with Crippen molar-refractivity contribution in [1.29, 1.82) is 0 Å². The van der Waals surface area contributed by atoms with Crippen molar-refractivity contribution in [2.24, 2.45) is 0 Å². The largest absolute Gasteiger partial charge is 0.326 e. The van der Waals surface area contributed by atoms with Gasteiger partial charge in [0.1, 0.15) is 0 Å². The summed E-state index contributed by atoms with van der Waals surface area (Å²) in [6.07, 6.45) is 4.68. The standard InChI is InChI=1S/C21H21N3O3/c1-15(25)22-17-7-9-18(10-8-17)23-20(26)13-6-16-4-11-19(12-5-16)24-14-2-3-21(24)27/h4-13H,2-3,14H2,1H3,(H,22,25)(H,23,26). The molecule has 0 aromatic heterocycles. The number of nitrogens with one attached hydrogen (secondary N) is 2. The smallest absolute Gasteiger partial charge is 0.248 e. The van der Waals surface area contributed by atoms with Crippen LogP contribution in [0.2, 0.25) is 0 Å². The molecule has 138 valence electrons. The molecule has 6 nitrogen and oxygen atoms in total. The summed E-state index contributed by atoms with van der Waals surface area (Å²) in [4.78, 5) is 36.6. The van der Waals surface area contributed by atoms with E-state index in [1.54, 1.807) is 35.2 Å². The number of hydrogen-bond acceptors (Lipinski definition) is 3. The Hall–Kier alpha value is -3.41. The zero-order chi connectivity index (χ0) is 19.2. The van der Waals surface area contributed by atoms with E-state index in [1.807, 2.05) is 24.3 Å². The maximum absolute atomic E-state index is 12.0. The molecule has 1 saturated heterocycles. The first-order chi connectivity index (χ1) is 13.0. The van der Waals surface area contributed by atoms with Crippen molar-refractivity contribution in [3.8, 4) is 0 Å². The van der Waals surface area contributed by atoms with Crippen molar-refractivity contribution >= 4 is 40.9 Å². The van der Waals surface area contributed by atoms with Crippen LogP contribution in [0.15, 0.2) is 54.6 Å². The molecule has 27 heavy (non-hydrogen) atoms.